The summed E-state index contributed by atoms with van der Waals surface area (Å²) in [5, 5.41) is 0. The van der Waals surface area contributed by atoms with Crippen molar-refractivity contribution in [2.24, 2.45) is 0 Å². The van der Waals surface area contributed by atoms with Gasteiger partial charge in [0.1, 0.15) is 17.2 Å². The molecule has 8 nitrogen and oxygen atoms in total. The maximum Gasteiger partial charge on any atom is 0.349 e. The first-order valence-electron chi connectivity index (χ1n) is 7.84. The molecular formula is C19H10O8. The van der Waals surface area contributed by atoms with Crippen LogP contribution in [0.3, 0.4) is 0 Å². The van der Waals surface area contributed by atoms with Crippen molar-refractivity contribution in [2.45, 2.75) is 12.8 Å². The number of rotatable bonds is 1. The van der Waals surface area contributed by atoms with E-state index in [4.69, 9.17) is 14.2 Å². The van der Waals surface area contributed by atoms with Crippen LogP contribution in [0.1, 0.15) is 55.0 Å². The van der Waals surface area contributed by atoms with Crippen LogP contribution in [-0.4, -0.2) is 29.8 Å². The van der Waals surface area contributed by atoms with Gasteiger partial charge in [-0.15, -0.1) is 0 Å². The highest BCUT2D eigenvalue weighted by Crippen LogP contribution is 2.35. The van der Waals surface area contributed by atoms with Crippen LogP contribution < -0.4 is 4.74 Å². The molecule has 0 aliphatic carbocycles. The van der Waals surface area contributed by atoms with Gasteiger partial charge < -0.3 is 14.2 Å². The zero-order chi connectivity index (χ0) is 19.3. The van der Waals surface area contributed by atoms with Gasteiger partial charge in [-0.25, -0.2) is 14.4 Å². The summed E-state index contributed by atoms with van der Waals surface area (Å²) < 4.78 is 14.7. The Morgan fingerprint density at radius 3 is 2.11 bits per heavy atom. The molecule has 4 aliphatic heterocycles. The Balaban J connectivity index is 2.03. The van der Waals surface area contributed by atoms with Gasteiger partial charge in [-0.3, -0.25) is 9.59 Å². The molecule has 2 aromatic carbocycles. The molecule has 1 unspecified atom stereocenters. The molecule has 27 heavy (non-hydrogen) atoms. The average molecular weight is 366 g/mol. The minimum Gasteiger partial charge on any atom is -0.426 e. The largest absolute Gasteiger partial charge is 0.426 e. The summed E-state index contributed by atoms with van der Waals surface area (Å²) in [6.45, 7) is 1.14. The van der Waals surface area contributed by atoms with Gasteiger partial charge in [0.15, 0.2) is 0 Å². The molecule has 8 heteroatoms. The number of hydrogen-bond donors (Lipinski definition) is 0. The average Bonchev–Trinajstić information content (AvgIpc) is 2.60. The molecule has 1 atom stereocenters. The SMILES string of the molecule is CC(=O)Oc1cc2ccc1C(=O)OC(=O)c1cc3ccc1C(=O)OC(=O)C23. The predicted molar refractivity (Wildman–Crippen MR) is 86.2 cm³/mol. The molecule has 2 aromatic rings. The van der Waals surface area contributed by atoms with Crippen LogP contribution in [0.15, 0.2) is 36.4 Å². The molecule has 6 bridgehead atoms. The summed E-state index contributed by atoms with van der Waals surface area (Å²) >= 11 is 0. The van der Waals surface area contributed by atoms with Gasteiger partial charge in [-0.1, -0.05) is 12.1 Å². The van der Waals surface area contributed by atoms with E-state index in [-0.39, 0.29) is 22.4 Å². The summed E-state index contributed by atoms with van der Waals surface area (Å²) in [5.41, 5.74) is 0.122. The number of hydrogen-bond acceptors (Lipinski definition) is 8. The van der Waals surface area contributed by atoms with E-state index in [1.165, 1.54) is 36.4 Å². The monoisotopic (exact) mass is 366 g/mol. The third-order valence-corrected chi connectivity index (χ3v) is 4.24. The zero-order valence-corrected chi connectivity index (χ0v) is 13.8. The molecule has 4 aliphatic rings. The highest BCUT2D eigenvalue weighted by atomic mass is 16.6. The number of carbonyl (C=O) groups is 5. The number of benzene rings is 2. The van der Waals surface area contributed by atoms with E-state index in [0.717, 1.165) is 6.92 Å². The quantitative estimate of drug-likeness (QED) is 0.426. The molecule has 134 valence electrons. The van der Waals surface area contributed by atoms with Crippen molar-refractivity contribution in [1.82, 2.24) is 0 Å². The normalized spacial score (nSPS) is 17.7. The van der Waals surface area contributed by atoms with Gasteiger partial charge in [0.2, 0.25) is 0 Å². The van der Waals surface area contributed by atoms with Crippen LogP contribution in [0.4, 0.5) is 0 Å². The van der Waals surface area contributed by atoms with Gasteiger partial charge in [-0.2, -0.15) is 0 Å². The number of ether oxygens (including phenoxy) is 3. The first kappa shape index (κ1) is 16.6. The minimum absolute atomic E-state index is 0.170. The van der Waals surface area contributed by atoms with Gasteiger partial charge in [-0.05, 0) is 35.4 Å². The Kier molecular flexibility index (Phi) is 3.62. The predicted octanol–water partition coefficient (Wildman–Crippen LogP) is 1.75. The van der Waals surface area contributed by atoms with Crippen LogP contribution in [0.25, 0.3) is 0 Å². The molecule has 0 saturated heterocycles. The summed E-state index contributed by atoms with van der Waals surface area (Å²) in [4.78, 5) is 61.0. The lowest BCUT2D eigenvalue weighted by Crippen LogP contribution is -2.26. The second-order valence-electron chi connectivity index (χ2n) is 5.97. The first-order valence-corrected chi connectivity index (χ1v) is 7.84. The number of carbonyl (C=O) groups excluding carboxylic acids is 5. The molecule has 0 aromatic heterocycles. The summed E-state index contributed by atoms with van der Waals surface area (Å²) in [6.07, 6.45) is 0. The Hall–Kier alpha value is -3.81. The van der Waals surface area contributed by atoms with Gasteiger partial charge in [0.05, 0.1) is 11.1 Å². The van der Waals surface area contributed by atoms with Gasteiger partial charge in [0.25, 0.3) is 0 Å². The van der Waals surface area contributed by atoms with E-state index in [2.05, 4.69) is 0 Å². The Morgan fingerprint density at radius 1 is 0.815 bits per heavy atom. The summed E-state index contributed by atoms with van der Waals surface area (Å²) in [7, 11) is 0. The lowest BCUT2D eigenvalue weighted by atomic mass is 9.87. The fourth-order valence-corrected chi connectivity index (χ4v) is 3.08. The fraction of sp³-hybridized carbons (Fsp3) is 0.105. The molecule has 0 fully saturated rings. The van der Waals surface area contributed by atoms with E-state index in [1.807, 2.05) is 0 Å². The zero-order valence-electron chi connectivity index (χ0n) is 13.8. The number of fused-ring (bicyclic) bond motifs is 7. The molecule has 0 radical (unpaired) electrons. The van der Waals surface area contributed by atoms with Crippen molar-refractivity contribution in [3.63, 3.8) is 0 Å². The second kappa shape index (κ2) is 5.87. The van der Waals surface area contributed by atoms with E-state index in [1.54, 1.807) is 0 Å². The lowest BCUT2D eigenvalue weighted by molar-refractivity contribution is -0.138. The van der Waals surface area contributed by atoms with E-state index >= 15 is 0 Å². The molecule has 0 N–H and O–H groups in total. The van der Waals surface area contributed by atoms with Crippen molar-refractivity contribution in [1.29, 1.82) is 0 Å². The summed E-state index contributed by atoms with van der Waals surface area (Å²) in [6, 6.07) is 8.17. The van der Waals surface area contributed by atoms with Crippen LogP contribution in [-0.2, 0) is 19.1 Å². The van der Waals surface area contributed by atoms with Gasteiger partial charge >= 0.3 is 29.8 Å². The van der Waals surface area contributed by atoms with Crippen LogP contribution in [0, 0.1) is 0 Å². The van der Waals surface area contributed by atoms with Crippen molar-refractivity contribution < 1.29 is 38.2 Å². The third-order valence-electron chi connectivity index (χ3n) is 4.24. The van der Waals surface area contributed by atoms with E-state index < -0.39 is 35.8 Å². The van der Waals surface area contributed by atoms with Crippen molar-refractivity contribution in [3.05, 3.63) is 64.2 Å². The van der Waals surface area contributed by atoms with E-state index in [9.17, 15) is 24.0 Å². The molecule has 4 heterocycles. The second-order valence-corrected chi connectivity index (χ2v) is 5.97. The van der Waals surface area contributed by atoms with Crippen LogP contribution in [0.2, 0.25) is 0 Å². The maximum absolute atomic E-state index is 12.5. The van der Waals surface area contributed by atoms with E-state index in [0.29, 0.717) is 11.1 Å². The molecule has 0 amide bonds. The summed E-state index contributed by atoms with van der Waals surface area (Å²) in [5.74, 6) is -5.96. The van der Waals surface area contributed by atoms with Crippen molar-refractivity contribution >= 4 is 29.8 Å². The fourth-order valence-electron chi connectivity index (χ4n) is 3.08. The van der Waals surface area contributed by atoms with Crippen LogP contribution >= 0.6 is 0 Å². The van der Waals surface area contributed by atoms with Crippen molar-refractivity contribution in [2.75, 3.05) is 0 Å². The highest BCUT2D eigenvalue weighted by molar-refractivity contribution is 6.12. The van der Waals surface area contributed by atoms with Crippen LogP contribution in [0.5, 0.6) is 5.75 Å². The highest BCUT2D eigenvalue weighted by Gasteiger charge is 2.36. The maximum atomic E-state index is 12.5. The molecule has 0 saturated carbocycles. The number of esters is 5. The molecule has 6 rings (SSSR count). The Bertz CT molecular complexity index is 1070. The first-order chi connectivity index (χ1) is 12.8. The molecular weight excluding hydrogens is 356 g/mol. The minimum atomic E-state index is -1.08. The molecule has 0 spiro atoms. The topological polar surface area (TPSA) is 113 Å². The third kappa shape index (κ3) is 2.67. The van der Waals surface area contributed by atoms with Crippen molar-refractivity contribution in [3.8, 4) is 5.75 Å². The van der Waals surface area contributed by atoms with Gasteiger partial charge in [0, 0.05) is 6.92 Å². The Labute approximate surface area is 151 Å². The Morgan fingerprint density at radius 2 is 1.41 bits per heavy atom. The lowest BCUT2D eigenvalue weighted by Gasteiger charge is -2.21. The smallest absolute Gasteiger partial charge is 0.349 e. The standard InChI is InChI=1S/C19H10O8/c1-8(20)25-14-7-10-3-5-12(14)17(22)26-18(23)13-6-9-2-4-11(13)16(21)27-19(24)15(9)10/h2-7,15H,1H3.